The van der Waals surface area contributed by atoms with Crippen molar-refractivity contribution in [3.8, 4) is 0 Å². The molecule has 1 aliphatic rings. The second kappa shape index (κ2) is 11.1. The molecule has 1 aliphatic heterocycles. The maximum atomic E-state index is 11.6. The Morgan fingerprint density at radius 1 is 1.11 bits per heavy atom. The fraction of sp³-hybridized carbons (Fsp3) is 0.579. The molecule has 0 bridgehead atoms. The van der Waals surface area contributed by atoms with Crippen LogP contribution in [0.3, 0.4) is 0 Å². The first-order valence-electron chi connectivity index (χ1n) is 8.92. The molecule has 1 heterocycles. The van der Waals surface area contributed by atoms with Gasteiger partial charge >= 0.3 is 11.9 Å². The average molecular weight is 398 g/mol. The minimum Gasteiger partial charge on any atom is -0.456 e. The summed E-state index contributed by atoms with van der Waals surface area (Å²) in [5.74, 6) is -1.13. The zero-order valence-electron chi connectivity index (χ0n) is 15.9. The van der Waals surface area contributed by atoms with E-state index in [0.717, 1.165) is 5.56 Å². The van der Waals surface area contributed by atoms with Crippen LogP contribution in [0.2, 0.25) is 0 Å². The van der Waals surface area contributed by atoms with E-state index < -0.39 is 49.3 Å². The first-order valence-corrected chi connectivity index (χ1v) is 8.92. The maximum absolute atomic E-state index is 11.6. The summed E-state index contributed by atoms with van der Waals surface area (Å²) in [7, 11) is 0. The third kappa shape index (κ3) is 6.84. The molecule has 0 spiro atoms. The van der Waals surface area contributed by atoms with Gasteiger partial charge in [0.2, 0.25) is 0 Å². The van der Waals surface area contributed by atoms with Gasteiger partial charge in [0, 0.05) is 13.8 Å². The highest BCUT2D eigenvalue weighted by Crippen LogP contribution is 2.26. The summed E-state index contributed by atoms with van der Waals surface area (Å²) < 4.78 is 27.6. The highest BCUT2D eigenvalue weighted by Gasteiger charge is 2.46. The van der Waals surface area contributed by atoms with Crippen LogP contribution in [0.25, 0.3) is 0 Å². The van der Waals surface area contributed by atoms with E-state index in [0.29, 0.717) is 0 Å². The molecule has 156 valence electrons. The first kappa shape index (κ1) is 22.3. The molecule has 2 rings (SSSR count). The fourth-order valence-electron chi connectivity index (χ4n) is 2.74. The summed E-state index contributed by atoms with van der Waals surface area (Å²) in [5, 5.41) is 18.5. The molecule has 0 aliphatic carbocycles. The van der Waals surface area contributed by atoms with E-state index in [1.54, 1.807) is 0 Å². The van der Waals surface area contributed by atoms with Crippen LogP contribution in [0.4, 0.5) is 0 Å². The van der Waals surface area contributed by atoms with Crippen molar-refractivity contribution in [1.82, 2.24) is 0 Å². The van der Waals surface area contributed by atoms with Gasteiger partial charge in [-0.2, -0.15) is 0 Å². The third-order valence-corrected chi connectivity index (χ3v) is 3.95. The zero-order chi connectivity index (χ0) is 20.5. The molecular formula is C19H26O9. The van der Waals surface area contributed by atoms with Gasteiger partial charge in [-0.15, -0.1) is 0 Å². The molecule has 1 aromatic rings. The van der Waals surface area contributed by atoms with Gasteiger partial charge in [0.1, 0.15) is 12.2 Å². The molecule has 28 heavy (non-hydrogen) atoms. The lowest BCUT2D eigenvalue weighted by Gasteiger charge is -2.40. The Bertz CT molecular complexity index is 621. The molecule has 0 radical (unpaired) electrons. The number of ether oxygens (including phenoxy) is 5. The molecule has 0 aromatic heterocycles. The summed E-state index contributed by atoms with van der Waals surface area (Å²) >= 11 is 0. The number of hydrogen-bond donors (Lipinski definition) is 2. The molecule has 1 fully saturated rings. The Kier molecular flexibility index (Phi) is 8.81. The van der Waals surface area contributed by atoms with Crippen LogP contribution < -0.4 is 0 Å². The van der Waals surface area contributed by atoms with E-state index >= 15 is 0 Å². The number of rotatable bonds is 9. The molecule has 0 unspecified atom stereocenters. The maximum Gasteiger partial charge on any atom is 0.303 e. The standard InChI is InChI=1S/C19H26O9/c1-12(21)27-16-11-26-19(25-10-15(23)8-20)18(17(16)28-13(2)22)24-9-14-6-4-3-5-7-14/h3-7,15-20,23H,8-11H2,1-2H3/t15-,16+,17-,18+,19-/m0/s1. The van der Waals surface area contributed by atoms with Crippen molar-refractivity contribution in [2.45, 2.75) is 51.2 Å². The van der Waals surface area contributed by atoms with Crippen LogP contribution in [0.15, 0.2) is 30.3 Å². The summed E-state index contributed by atoms with van der Waals surface area (Å²) in [5.41, 5.74) is 0.868. The van der Waals surface area contributed by atoms with Crippen molar-refractivity contribution in [1.29, 1.82) is 0 Å². The van der Waals surface area contributed by atoms with Crippen LogP contribution in [-0.2, 0) is 39.9 Å². The minimum absolute atomic E-state index is 0.0807. The van der Waals surface area contributed by atoms with Crippen LogP contribution in [-0.4, -0.2) is 72.7 Å². The van der Waals surface area contributed by atoms with E-state index in [4.69, 9.17) is 28.8 Å². The smallest absolute Gasteiger partial charge is 0.303 e. The molecule has 1 saturated heterocycles. The number of carbonyl (C=O) groups excluding carboxylic acids is 2. The summed E-state index contributed by atoms with van der Waals surface area (Å²) in [6, 6.07) is 9.30. The lowest BCUT2D eigenvalue weighted by Crippen LogP contribution is -2.58. The number of benzene rings is 1. The Labute approximate surface area is 163 Å². The van der Waals surface area contributed by atoms with Crippen molar-refractivity contribution in [2.24, 2.45) is 0 Å². The van der Waals surface area contributed by atoms with Gasteiger partial charge in [-0.3, -0.25) is 9.59 Å². The van der Waals surface area contributed by atoms with Gasteiger partial charge in [0.25, 0.3) is 0 Å². The SMILES string of the molecule is CC(=O)O[C@@H]1[C@@H](OCc2ccccc2)[C@@H](OC[C@@H](O)CO)OC[C@H]1OC(C)=O. The Morgan fingerprint density at radius 3 is 2.39 bits per heavy atom. The lowest BCUT2D eigenvalue weighted by atomic mass is 10.0. The Balaban J connectivity index is 2.17. The summed E-state index contributed by atoms with van der Waals surface area (Å²) in [6.45, 7) is 1.87. The van der Waals surface area contributed by atoms with Gasteiger partial charge in [-0.1, -0.05) is 30.3 Å². The van der Waals surface area contributed by atoms with E-state index in [-0.39, 0.29) is 19.8 Å². The molecule has 2 N–H and O–H groups in total. The Morgan fingerprint density at radius 2 is 1.79 bits per heavy atom. The third-order valence-electron chi connectivity index (χ3n) is 3.95. The lowest BCUT2D eigenvalue weighted by molar-refractivity contribution is -0.292. The fourth-order valence-corrected chi connectivity index (χ4v) is 2.74. The van der Waals surface area contributed by atoms with E-state index in [1.165, 1.54) is 13.8 Å². The molecule has 1 aromatic carbocycles. The van der Waals surface area contributed by atoms with Crippen molar-refractivity contribution in [3.63, 3.8) is 0 Å². The predicted octanol–water partition coefficient (Wildman–Crippen LogP) is 0.161. The predicted molar refractivity (Wildman–Crippen MR) is 94.9 cm³/mol. The van der Waals surface area contributed by atoms with Crippen molar-refractivity contribution >= 4 is 11.9 Å². The average Bonchev–Trinajstić information content (AvgIpc) is 2.66. The second-order valence-corrected chi connectivity index (χ2v) is 6.35. The van der Waals surface area contributed by atoms with Crippen molar-refractivity contribution in [3.05, 3.63) is 35.9 Å². The number of aliphatic hydroxyl groups is 2. The van der Waals surface area contributed by atoms with Gasteiger partial charge < -0.3 is 33.9 Å². The first-order chi connectivity index (χ1) is 13.4. The number of hydrogen-bond acceptors (Lipinski definition) is 9. The van der Waals surface area contributed by atoms with Crippen molar-refractivity contribution in [2.75, 3.05) is 19.8 Å². The quantitative estimate of drug-likeness (QED) is 0.560. The topological polar surface area (TPSA) is 121 Å². The van der Waals surface area contributed by atoms with Gasteiger partial charge in [-0.25, -0.2) is 0 Å². The van der Waals surface area contributed by atoms with E-state index in [2.05, 4.69) is 0 Å². The Hall–Kier alpha value is -2.04. The van der Waals surface area contributed by atoms with E-state index in [1.807, 2.05) is 30.3 Å². The van der Waals surface area contributed by atoms with Gasteiger partial charge in [0.15, 0.2) is 18.5 Å². The molecule has 9 nitrogen and oxygen atoms in total. The van der Waals surface area contributed by atoms with Crippen LogP contribution in [0, 0.1) is 0 Å². The van der Waals surface area contributed by atoms with Crippen LogP contribution in [0.5, 0.6) is 0 Å². The number of aliphatic hydroxyl groups excluding tert-OH is 2. The highest BCUT2D eigenvalue weighted by molar-refractivity contribution is 5.67. The van der Waals surface area contributed by atoms with Crippen LogP contribution >= 0.6 is 0 Å². The second-order valence-electron chi connectivity index (χ2n) is 6.35. The molecule has 0 amide bonds. The monoisotopic (exact) mass is 398 g/mol. The molecule has 0 saturated carbocycles. The number of esters is 2. The normalized spacial score (nSPS) is 25.7. The van der Waals surface area contributed by atoms with Gasteiger partial charge in [0.05, 0.1) is 26.4 Å². The summed E-state index contributed by atoms with van der Waals surface area (Å²) in [4.78, 5) is 23.0. The summed E-state index contributed by atoms with van der Waals surface area (Å²) in [6.07, 6.45) is -4.86. The molecular weight excluding hydrogens is 372 g/mol. The zero-order valence-corrected chi connectivity index (χ0v) is 15.9. The van der Waals surface area contributed by atoms with Crippen LogP contribution in [0.1, 0.15) is 19.4 Å². The highest BCUT2D eigenvalue weighted by atomic mass is 16.7. The molecule has 5 atom stereocenters. The van der Waals surface area contributed by atoms with E-state index in [9.17, 15) is 14.7 Å². The largest absolute Gasteiger partial charge is 0.456 e. The van der Waals surface area contributed by atoms with Crippen molar-refractivity contribution < 1.29 is 43.5 Å². The minimum atomic E-state index is -1.10. The molecule has 9 heteroatoms. The number of carbonyl (C=O) groups is 2. The van der Waals surface area contributed by atoms with Gasteiger partial charge in [-0.05, 0) is 5.56 Å².